The Morgan fingerprint density at radius 2 is 0.864 bits per heavy atom. The number of nitrogens with zero attached hydrogens (tertiary/aromatic N) is 6. The van der Waals surface area contributed by atoms with E-state index in [-0.39, 0.29) is 85.2 Å². The Balaban J connectivity index is 0.000000375. The van der Waals surface area contributed by atoms with Gasteiger partial charge in [0.05, 0.1) is 5.97 Å². The van der Waals surface area contributed by atoms with Crippen LogP contribution in [-0.4, -0.2) is 52.5 Å². The minimum absolute atomic E-state index is 0. The Morgan fingerprint density at radius 1 is 0.542 bits per heavy atom. The smallest absolute Gasteiger partial charge is 0.870 e. The van der Waals surface area contributed by atoms with Crippen LogP contribution >= 0.6 is 23.2 Å². The molecular formula is C42H36Cl2N6Na2O7. The van der Waals surface area contributed by atoms with E-state index < -0.39 is 24.1 Å². The van der Waals surface area contributed by atoms with Crippen molar-refractivity contribution in [2.24, 2.45) is 0 Å². The Bertz CT molecular complexity index is 2350. The maximum atomic E-state index is 11.8. The number of carbonyl (C=O) groups is 2. The summed E-state index contributed by atoms with van der Waals surface area (Å²) in [6.45, 7) is 0. The van der Waals surface area contributed by atoms with E-state index in [1.807, 2.05) is 54.6 Å². The third-order valence-electron chi connectivity index (χ3n) is 7.98. The molecule has 0 saturated heterocycles. The molecule has 292 valence electrons. The topological polar surface area (TPSA) is 187 Å². The summed E-state index contributed by atoms with van der Waals surface area (Å²) in [6.07, 6.45) is -2.45. The van der Waals surface area contributed by atoms with Crippen LogP contribution < -0.4 is 73.7 Å². The third kappa shape index (κ3) is 12.1. The van der Waals surface area contributed by atoms with Gasteiger partial charge in [0.1, 0.15) is 44.9 Å². The molecule has 2 heterocycles. The summed E-state index contributed by atoms with van der Waals surface area (Å²) in [5.74, 6) is -1.85. The van der Waals surface area contributed by atoms with E-state index in [1.54, 1.807) is 91.0 Å². The number of benzene rings is 6. The second-order valence-electron chi connectivity index (χ2n) is 11.7. The van der Waals surface area contributed by atoms with Crippen molar-refractivity contribution in [2.45, 2.75) is 27.1 Å². The van der Waals surface area contributed by atoms with E-state index in [2.05, 4.69) is 20.4 Å². The van der Waals surface area contributed by atoms with Crippen LogP contribution in [0.2, 0.25) is 10.0 Å². The van der Waals surface area contributed by atoms with Crippen molar-refractivity contribution in [1.82, 2.24) is 30.0 Å². The van der Waals surface area contributed by atoms with Crippen LogP contribution in [0.1, 0.15) is 38.2 Å². The van der Waals surface area contributed by atoms with E-state index in [4.69, 9.17) is 32.7 Å². The van der Waals surface area contributed by atoms with Gasteiger partial charge in [-0.15, -0.1) is 30.0 Å². The second kappa shape index (κ2) is 23.1. The largest absolute Gasteiger partial charge is 1.00 e. The Labute approximate surface area is 394 Å². The first-order valence-corrected chi connectivity index (χ1v) is 17.1. The summed E-state index contributed by atoms with van der Waals surface area (Å²) in [5.41, 5.74) is 4.71. The molecule has 2 aromatic heterocycles. The van der Waals surface area contributed by atoms with E-state index >= 15 is 0 Å². The molecular weight excluding hydrogens is 817 g/mol. The molecule has 6 aromatic carbocycles. The summed E-state index contributed by atoms with van der Waals surface area (Å²) in [7, 11) is 0. The first-order valence-electron chi connectivity index (χ1n) is 16.3. The van der Waals surface area contributed by atoms with Crippen LogP contribution in [0.15, 0.2) is 146 Å². The summed E-state index contributed by atoms with van der Waals surface area (Å²) in [6, 6.07) is 41.8. The van der Waals surface area contributed by atoms with Crippen molar-refractivity contribution in [1.29, 1.82) is 0 Å². The first-order chi connectivity index (χ1) is 26.2. The molecule has 17 heteroatoms. The molecule has 2 N–H and O–H groups in total. The number of aromatic nitrogens is 6. The number of carbonyl (C=O) groups excluding carboxylic acids is 1. The Morgan fingerprint density at radius 3 is 1.20 bits per heavy atom. The first kappa shape index (κ1) is 50.3. The van der Waals surface area contributed by atoms with Crippen LogP contribution in [0.3, 0.4) is 0 Å². The second-order valence-corrected chi connectivity index (χ2v) is 12.5. The minimum atomic E-state index is -1.35. The maximum absolute atomic E-state index is 11.8. The van der Waals surface area contributed by atoms with Crippen LogP contribution in [-0.2, 0) is 9.59 Å². The number of rotatable bonds is 10. The maximum Gasteiger partial charge on any atom is 1.00 e. The van der Waals surface area contributed by atoms with Crippen molar-refractivity contribution >= 4 is 57.2 Å². The van der Waals surface area contributed by atoms with Crippen molar-refractivity contribution < 1.29 is 93.9 Å². The SMILES string of the molecule is C.C.O=C(O)C(Oc1ccc(Cl)cc1-n1nc2ccccc2n1)c1ccccc1.O=C([O-])C(Oc1ccc(Cl)cc1-n1nc2ccccc2n1)c1ccccc1.[Na+].[Na+].[OH-]. The van der Waals surface area contributed by atoms with Crippen LogP contribution in [0.4, 0.5) is 0 Å². The van der Waals surface area contributed by atoms with Crippen molar-refractivity contribution in [3.63, 3.8) is 0 Å². The molecule has 0 aliphatic rings. The molecule has 0 amide bonds. The monoisotopic (exact) mass is 852 g/mol. The van der Waals surface area contributed by atoms with Gasteiger partial charge in [-0.25, -0.2) is 4.79 Å². The average Bonchev–Trinajstić information content (AvgIpc) is 3.82. The third-order valence-corrected chi connectivity index (χ3v) is 8.45. The van der Waals surface area contributed by atoms with Crippen LogP contribution in [0, 0.1) is 0 Å². The normalized spacial score (nSPS) is 11.0. The van der Waals surface area contributed by atoms with E-state index in [0.717, 1.165) is 0 Å². The predicted molar refractivity (Wildman–Crippen MR) is 215 cm³/mol. The summed E-state index contributed by atoms with van der Waals surface area (Å²) < 4.78 is 11.6. The molecule has 13 nitrogen and oxygen atoms in total. The number of carboxylic acids is 2. The number of aliphatic carboxylic acids is 2. The van der Waals surface area contributed by atoms with Crippen molar-refractivity contribution in [3.8, 4) is 22.9 Å². The molecule has 2 unspecified atom stereocenters. The Kier molecular flexibility index (Phi) is 19.7. The molecule has 2 atom stereocenters. The fourth-order valence-corrected chi connectivity index (χ4v) is 5.78. The van der Waals surface area contributed by atoms with Gasteiger partial charge < -0.3 is 30.0 Å². The fourth-order valence-electron chi connectivity index (χ4n) is 5.45. The van der Waals surface area contributed by atoms with Gasteiger partial charge in [0.2, 0.25) is 6.10 Å². The average molecular weight is 854 g/mol. The predicted octanol–water partition coefficient (Wildman–Crippen LogP) is 2.33. The van der Waals surface area contributed by atoms with Gasteiger partial charge in [-0.05, 0) is 66.2 Å². The fraction of sp³-hybridized carbons (Fsp3) is 0.0952. The number of fused-ring (bicyclic) bond motifs is 2. The van der Waals surface area contributed by atoms with Gasteiger partial charge in [0.15, 0.2) is 6.10 Å². The zero-order valence-corrected chi connectivity index (χ0v) is 35.9. The number of hydrogen-bond donors (Lipinski definition) is 1. The summed E-state index contributed by atoms with van der Waals surface area (Å²) in [4.78, 5) is 26.2. The number of carboxylic acid groups (broad SMARTS) is 2. The molecule has 0 fully saturated rings. The molecule has 0 radical (unpaired) electrons. The quantitative estimate of drug-likeness (QED) is 0.199. The van der Waals surface area contributed by atoms with E-state index in [1.165, 1.54) is 9.59 Å². The molecule has 0 aliphatic heterocycles. The van der Waals surface area contributed by atoms with Crippen molar-refractivity contribution in [2.75, 3.05) is 0 Å². The summed E-state index contributed by atoms with van der Waals surface area (Å²) in [5, 5.41) is 39.9. The zero-order valence-electron chi connectivity index (χ0n) is 30.4. The molecule has 0 aliphatic carbocycles. The van der Waals surface area contributed by atoms with E-state index in [0.29, 0.717) is 60.4 Å². The molecule has 0 saturated carbocycles. The van der Waals surface area contributed by atoms with Gasteiger partial charge in [0.25, 0.3) is 0 Å². The number of halogens is 2. The van der Waals surface area contributed by atoms with Gasteiger partial charge in [-0.1, -0.05) is 123 Å². The van der Waals surface area contributed by atoms with Gasteiger partial charge in [0, 0.05) is 15.6 Å². The number of ether oxygens (including phenoxy) is 2. The van der Waals surface area contributed by atoms with Crippen LogP contribution in [0.5, 0.6) is 11.5 Å². The minimum Gasteiger partial charge on any atom is -0.870 e. The van der Waals surface area contributed by atoms with Gasteiger partial charge in [-0.3, -0.25) is 0 Å². The zero-order chi connectivity index (χ0) is 37.6. The van der Waals surface area contributed by atoms with Crippen LogP contribution in [0.25, 0.3) is 33.4 Å². The number of hydrogen-bond acceptors (Lipinski definition) is 10. The van der Waals surface area contributed by atoms with Gasteiger partial charge >= 0.3 is 65.1 Å². The Hall–Kier alpha value is -4.80. The van der Waals surface area contributed by atoms with E-state index in [9.17, 15) is 19.8 Å². The molecule has 8 rings (SSSR count). The van der Waals surface area contributed by atoms with Crippen molar-refractivity contribution in [3.05, 3.63) is 167 Å². The van der Waals surface area contributed by atoms with Gasteiger partial charge in [-0.2, -0.15) is 0 Å². The summed E-state index contributed by atoms with van der Waals surface area (Å²) >= 11 is 12.3. The molecule has 0 spiro atoms. The molecule has 8 aromatic rings. The molecule has 59 heavy (non-hydrogen) atoms. The standard InChI is InChI=1S/2C20H14ClN3O3.2CH4.2Na.H2O/c2*21-14-10-11-18(27-19(20(25)26)13-6-2-1-3-7-13)17(12-14)24-22-15-8-4-5-9-16(15)23-24;;;;;/h2*1-12,19H,(H,25,26);2*1H4;;;1H2/q;;;;2*+1;/p-2. The molecule has 0 bridgehead atoms.